The summed E-state index contributed by atoms with van der Waals surface area (Å²) in [6.07, 6.45) is 3.47. The second-order valence-corrected chi connectivity index (χ2v) is 6.50. The standard InChI is InChI=1S/C22H29O/c1-6-20(15-19-11-10-17(4)18(5)14-19)22(7-2)23-21-12-8-16(3)9-13-21/h8-14,20,22H,3,6-7,15H2,1-2,4-5H3. The van der Waals surface area contributed by atoms with E-state index in [4.69, 9.17) is 4.74 Å². The van der Waals surface area contributed by atoms with Gasteiger partial charge in [-0.1, -0.05) is 44.2 Å². The molecule has 0 fully saturated rings. The van der Waals surface area contributed by atoms with E-state index in [1.807, 2.05) is 24.3 Å². The molecule has 0 bridgehead atoms. The van der Waals surface area contributed by atoms with Crippen LogP contribution in [0.2, 0.25) is 0 Å². The third-order valence-electron chi connectivity index (χ3n) is 4.73. The lowest BCUT2D eigenvalue weighted by atomic mass is 9.89. The Morgan fingerprint density at radius 2 is 1.61 bits per heavy atom. The number of ether oxygens (including phenoxy) is 1. The second-order valence-electron chi connectivity index (χ2n) is 6.50. The molecule has 2 aromatic carbocycles. The molecule has 0 aliphatic heterocycles. The molecule has 0 heterocycles. The molecule has 0 aliphatic carbocycles. The summed E-state index contributed by atoms with van der Waals surface area (Å²) in [5.41, 5.74) is 5.17. The summed E-state index contributed by atoms with van der Waals surface area (Å²) in [4.78, 5) is 0. The molecule has 0 saturated carbocycles. The van der Waals surface area contributed by atoms with Gasteiger partial charge in [0.25, 0.3) is 0 Å². The zero-order valence-corrected chi connectivity index (χ0v) is 14.9. The van der Waals surface area contributed by atoms with Crippen LogP contribution in [0.3, 0.4) is 0 Å². The van der Waals surface area contributed by atoms with Crippen molar-refractivity contribution in [3.05, 3.63) is 71.6 Å². The maximum Gasteiger partial charge on any atom is 0.119 e. The predicted molar refractivity (Wildman–Crippen MR) is 99.0 cm³/mol. The first-order chi connectivity index (χ1) is 11.0. The van der Waals surface area contributed by atoms with E-state index in [0.29, 0.717) is 5.92 Å². The van der Waals surface area contributed by atoms with Gasteiger partial charge in [-0.2, -0.15) is 0 Å². The van der Waals surface area contributed by atoms with Crippen molar-refractivity contribution < 1.29 is 4.74 Å². The molecule has 0 aliphatic rings. The van der Waals surface area contributed by atoms with Gasteiger partial charge in [0.2, 0.25) is 0 Å². The van der Waals surface area contributed by atoms with Crippen LogP contribution in [0.4, 0.5) is 0 Å². The molecular weight excluding hydrogens is 280 g/mol. The molecule has 0 aromatic heterocycles. The highest BCUT2D eigenvalue weighted by Crippen LogP contribution is 2.24. The summed E-state index contributed by atoms with van der Waals surface area (Å²) in [6, 6.07) is 14.9. The average molecular weight is 309 g/mol. The van der Waals surface area contributed by atoms with Gasteiger partial charge in [-0.3, -0.25) is 0 Å². The number of hydrogen-bond acceptors (Lipinski definition) is 1. The molecule has 1 nitrogen and oxygen atoms in total. The van der Waals surface area contributed by atoms with E-state index >= 15 is 0 Å². The molecule has 2 atom stereocenters. The van der Waals surface area contributed by atoms with Crippen LogP contribution in [-0.2, 0) is 6.42 Å². The Hall–Kier alpha value is -1.76. The van der Waals surface area contributed by atoms with Crippen LogP contribution < -0.4 is 4.74 Å². The predicted octanol–water partition coefficient (Wildman–Crippen LogP) is 5.91. The van der Waals surface area contributed by atoms with Crippen LogP contribution in [0.5, 0.6) is 5.75 Å². The number of rotatable bonds is 7. The minimum Gasteiger partial charge on any atom is -0.490 e. The molecule has 0 amide bonds. The molecule has 1 heteroatoms. The molecule has 0 spiro atoms. The Balaban J connectivity index is 2.09. The first-order valence-electron chi connectivity index (χ1n) is 8.68. The molecule has 123 valence electrons. The van der Waals surface area contributed by atoms with Crippen molar-refractivity contribution in [1.29, 1.82) is 0 Å². The lowest BCUT2D eigenvalue weighted by Crippen LogP contribution is -2.27. The third-order valence-corrected chi connectivity index (χ3v) is 4.73. The molecule has 0 saturated heterocycles. The van der Waals surface area contributed by atoms with Gasteiger partial charge in [0.15, 0.2) is 0 Å². The van der Waals surface area contributed by atoms with Crippen molar-refractivity contribution in [3.8, 4) is 5.75 Å². The number of benzene rings is 2. The van der Waals surface area contributed by atoms with Gasteiger partial charge in [-0.15, -0.1) is 0 Å². The normalized spacial score (nSPS) is 13.6. The van der Waals surface area contributed by atoms with Crippen LogP contribution in [0.15, 0.2) is 42.5 Å². The number of hydrogen-bond donors (Lipinski definition) is 0. The van der Waals surface area contributed by atoms with E-state index < -0.39 is 0 Å². The Morgan fingerprint density at radius 1 is 0.913 bits per heavy atom. The molecule has 1 radical (unpaired) electrons. The van der Waals surface area contributed by atoms with Gasteiger partial charge in [0.05, 0.1) is 0 Å². The molecule has 0 N–H and O–H groups in total. The summed E-state index contributed by atoms with van der Waals surface area (Å²) in [5, 5.41) is 0. The van der Waals surface area contributed by atoms with Crippen LogP contribution in [0, 0.1) is 26.7 Å². The Kier molecular flexibility index (Phi) is 6.27. The third kappa shape index (κ3) is 4.86. The molecule has 2 unspecified atom stereocenters. The van der Waals surface area contributed by atoms with Gasteiger partial charge in [-0.25, -0.2) is 0 Å². The zero-order chi connectivity index (χ0) is 16.8. The van der Waals surface area contributed by atoms with Gasteiger partial charge < -0.3 is 4.74 Å². The van der Waals surface area contributed by atoms with Gasteiger partial charge in [0, 0.05) is 0 Å². The lowest BCUT2D eigenvalue weighted by molar-refractivity contribution is 0.126. The van der Waals surface area contributed by atoms with E-state index in [0.717, 1.165) is 30.6 Å². The highest BCUT2D eigenvalue weighted by Gasteiger charge is 2.21. The fraction of sp³-hybridized carbons (Fsp3) is 0.409. The van der Waals surface area contributed by atoms with Crippen LogP contribution in [0.25, 0.3) is 0 Å². The maximum atomic E-state index is 6.27. The fourth-order valence-electron chi connectivity index (χ4n) is 3.03. The zero-order valence-electron chi connectivity index (χ0n) is 14.9. The average Bonchev–Trinajstić information content (AvgIpc) is 2.55. The highest BCUT2D eigenvalue weighted by molar-refractivity contribution is 5.31. The van der Waals surface area contributed by atoms with Crippen molar-refractivity contribution in [2.45, 2.75) is 53.1 Å². The lowest BCUT2D eigenvalue weighted by Gasteiger charge is -2.27. The van der Waals surface area contributed by atoms with Gasteiger partial charge in [-0.05, 0) is 80.3 Å². The van der Waals surface area contributed by atoms with Crippen molar-refractivity contribution in [1.82, 2.24) is 0 Å². The first kappa shape index (κ1) is 17.6. The second kappa shape index (κ2) is 8.19. The van der Waals surface area contributed by atoms with Crippen LogP contribution in [-0.4, -0.2) is 6.10 Å². The summed E-state index contributed by atoms with van der Waals surface area (Å²) >= 11 is 0. The van der Waals surface area contributed by atoms with Gasteiger partial charge >= 0.3 is 0 Å². The topological polar surface area (TPSA) is 9.23 Å². The van der Waals surface area contributed by atoms with E-state index in [-0.39, 0.29) is 6.10 Å². The van der Waals surface area contributed by atoms with Crippen molar-refractivity contribution >= 4 is 0 Å². The fourth-order valence-corrected chi connectivity index (χ4v) is 3.03. The molecule has 2 rings (SSSR count). The summed E-state index contributed by atoms with van der Waals surface area (Å²) in [7, 11) is 0. The SMILES string of the molecule is [CH2]c1ccc(OC(CC)C(CC)Cc2ccc(C)c(C)c2)cc1. The smallest absolute Gasteiger partial charge is 0.119 e. The minimum absolute atomic E-state index is 0.247. The van der Waals surface area contributed by atoms with Crippen molar-refractivity contribution in [3.63, 3.8) is 0 Å². The van der Waals surface area contributed by atoms with Gasteiger partial charge in [0.1, 0.15) is 11.9 Å². The summed E-state index contributed by atoms with van der Waals surface area (Å²) in [5.74, 6) is 1.48. The largest absolute Gasteiger partial charge is 0.490 e. The van der Waals surface area contributed by atoms with E-state index in [1.165, 1.54) is 16.7 Å². The Labute approximate surface area is 141 Å². The van der Waals surface area contributed by atoms with Crippen LogP contribution >= 0.6 is 0 Å². The molecule has 2 aromatic rings. The van der Waals surface area contributed by atoms with E-state index in [2.05, 4.69) is 52.8 Å². The monoisotopic (exact) mass is 309 g/mol. The first-order valence-corrected chi connectivity index (χ1v) is 8.68. The van der Waals surface area contributed by atoms with Crippen LogP contribution in [0.1, 0.15) is 48.9 Å². The van der Waals surface area contributed by atoms with Crippen molar-refractivity contribution in [2.75, 3.05) is 0 Å². The minimum atomic E-state index is 0.247. The summed E-state index contributed by atoms with van der Waals surface area (Å²) < 4.78 is 6.27. The molecule has 23 heavy (non-hydrogen) atoms. The summed E-state index contributed by atoms with van der Waals surface area (Å²) in [6.45, 7) is 12.8. The maximum absolute atomic E-state index is 6.27. The van der Waals surface area contributed by atoms with E-state index in [9.17, 15) is 0 Å². The van der Waals surface area contributed by atoms with Crippen molar-refractivity contribution in [2.24, 2.45) is 5.92 Å². The van der Waals surface area contributed by atoms with E-state index in [1.54, 1.807) is 0 Å². The quantitative estimate of drug-likeness (QED) is 0.617. The Morgan fingerprint density at radius 3 is 2.17 bits per heavy atom. The highest BCUT2D eigenvalue weighted by atomic mass is 16.5. The Bertz CT molecular complexity index is 612. The number of aryl methyl sites for hydroxylation is 2. The molecular formula is C22H29O.